The molecular formula is C8H13N3O. The molecule has 66 valence electrons. The standard InChI is InChI=1S/C8H13N3O/c1-5-7(11-8(12)10-5)6-2-3-9-4-6/h6,9H,2-4H2,1H3,(H2,10,11,12). The lowest BCUT2D eigenvalue weighted by Crippen LogP contribution is -2.09. The van der Waals surface area contributed by atoms with E-state index in [4.69, 9.17) is 0 Å². The quantitative estimate of drug-likeness (QED) is 0.555. The first-order valence-electron chi connectivity index (χ1n) is 4.27. The Labute approximate surface area is 70.4 Å². The third kappa shape index (κ3) is 1.18. The van der Waals surface area contributed by atoms with Crippen molar-refractivity contribution in [1.29, 1.82) is 0 Å². The minimum absolute atomic E-state index is 0.0885. The summed E-state index contributed by atoms with van der Waals surface area (Å²) in [5.74, 6) is 0.490. The van der Waals surface area contributed by atoms with Gasteiger partial charge >= 0.3 is 5.69 Å². The molecule has 1 saturated heterocycles. The number of nitrogens with one attached hydrogen (secondary N) is 3. The topological polar surface area (TPSA) is 60.7 Å². The van der Waals surface area contributed by atoms with Crippen LogP contribution in [0.1, 0.15) is 23.7 Å². The maximum Gasteiger partial charge on any atom is 0.323 e. The van der Waals surface area contributed by atoms with Crippen molar-refractivity contribution < 1.29 is 0 Å². The van der Waals surface area contributed by atoms with Crippen LogP contribution in [0.25, 0.3) is 0 Å². The van der Waals surface area contributed by atoms with E-state index in [1.54, 1.807) is 0 Å². The van der Waals surface area contributed by atoms with Crippen LogP contribution in [0.15, 0.2) is 4.79 Å². The molecule has 12 heavy (non-hydrogen) atoms. The average Bonchev–Trinajstić information content (AvgIpc) is 2.58. The smallest absolute Gasteiger partial charge is 0.316 e. The lowest BCUT2D eigenvalue weighted by Gasteiger charge is -2.05. The second-order valence-electron chi connectivity index (χ2n) is 3.31. The third-order valence-electron chi connectivity index (χ3n) is 2.42. The van der Waals surface area contributed by atoms with Crippen molar-refractivity contribution in [1.82, 2.24) is 15.3 Å². The fourth-order valence-corrected chi connectivity index (χ4v) is 1.79. The summed E-state index contributed by atoms with van der Waals surface area (Å²) in [6.45, 7) is 3.97. The van der Waals surface area contributed by atoms with Gasteiger partial charge in [-0.15, -0.1) is 0 Å². The van der Waals surface area contributed by atoms with Crippen molar-refractivity contribution in [2.75, 3.05) is 13.1 Å². The van der Waals surface area contributed by atoms with Gasteiger partial charge in [-0.05, 0) is 19.9 Å². The van der Waals surface area contributed by atoms with Gasteiger partial charge in [-0.25, -0.2) is 4.79 Å². The maximum absolute atomic E-state index is 10.9. The van der Waals surface area contributed by atoms with E-state index in [0.717, 1.165) is 30.9 Å². The SMILES string of the molecule is Cc1[nH]c(=O)[nH]c1C1CCNC1. The minimum atomic E-state index is -0.0885. The molecule has 3 N–H and O–H groups in total. The molecule has 0 saturated carbocycles. The first-order valence-corrected chi connectivity index (χ1v) is 4.27. The molecule has 0 amide bonds. The van der Waals surface area contributed by atoms with Gasteiger partial charge in [0.15, 0.2) is 0 Å². The van der Waals surface area contributed by atoms with Crippen LogP contribution in [-0.4, -0.2) is 23.1 Å². The highest BCUT2D eigenvalue weighted by molar-refractivity contribution is 5.16. The van der Waals surface area contributed by atoms with Crippen molar-refractivity contribution in [2.45, 2.75) is 19.3 Å². The number of imidazole rings is 1. The van der Waals surface area contributed by atoms with E-state index in [-0.39, 0.29) is 5.69 Å². The summed E-state index contributed by atoms with van der Waals surface area (Å²) < 4.78 is 0. The first kappa shape index (κ1) is 7.61. The Morgan fingerprint density at radius 2 is 2.25 bits per heavy atom. The van der Waals surface area contributed by atoms with Crippen LogP contribution in [0.4, 0.5) is 0 Å². The van der Waals surface area contributed by atoms with E-state index in [1.165, 1.54) is 0 Å². The molecule has 1 aliphatic heterocycles. The Hall–Kier alpha value is -1.03. The average molecular weight is 167 g/mol. The second-order valence-corrected chi connectivity index (χ2v) is 3.31. The molecule has 1 aliphatic rings. The number of aromatic amines is 2. The fraction of sp³-hybridized carbons (Fsp3) is 0.625. The zero-order chi connectivity index (χ0) is 8.55. The predicted octanol–water partition coefficient (Wildman–Crippen LogP) is 0.0883. The zero-order valence-corrected chi connectivity index (χ0v) is 7.11. The van der Waals surface area contributed by atoms with Gasteiger partial charge in [-0.3, -0.25) is 0 Å². The van der Waals surface area contributed by atoms with Gasteiger partial charge in [-0.1, -0.05) is 0 Å². The molecule has 1 unspecified atom stereocenters. The summed E-state index contributed by atoms with van der Waals surface area (Å²) in [7, 11) is 0. The molecule has 2 heterocycles. The highest BCUT2D eigenvalue weighted by atomic mass is 16.1. The predicted molar refractivity (Wildman–Crippen MR) is 46.4 cm³/mol. The molecule has 1 aromatic heterocycles. The van der Waals surface area contributed by atoms with Crippen molar-refractivity contribution in [2.24, 2.45) is 0 Å². The molecule has 2 rings (SSSR count). The molecule has 4 nitrogen and oxygen atoms in total. The zero-order valence-electron chi connectivity index (χ0n) is 7.11. The number of aryl methyl sites for hydroxylation is 1. The lowest BCUT2D eigenvalue weighted by atomic mass is 10.0. The van der Waals surface area contributed by atoms with E-state index in [9.17, 15) is 4.79 Å². The van der Waals surface area contributed by atoms with Gasteiger partial charge in [0.05, 0.1) is 0 Å². The number of rotatable bonds is 1. The number of H-pyrrole nitrogens is 2. The molecule has 1 aromatic rings. The van der Waals surface area contributed by atoms with Crippen LogP contribution in [-0.2, 0) is 0 Å². The Morgan fingerprint density at radius 1 is 1.42 bits per heavy atom. The normalized spacial score (nSPS) is 23.2. The molecule has 0 radical (unpaired) electrons. The first-order chi connectivity index (χ1) is 5.77. The summed E-state index contributed by atoms with van der Waals surface area (Å²) in [6, 6.07) is 0. The summed E-state index contributed by atoms with van der Waals surface area (Å²) in [4.78, 5) is 16.5. The summed E-state index contributed by atoms with van der Waals surface area (Å²) in [5, 5.41) is 3.27. The van der Waals surface area contributed by atoms with Crippen molar-refractivity contribution >= 4 is 0 Å². The molecule has 0 bridgehead atoms. The van der Waals surface area contributed by atoms with Crippen LogP contribution in [0.3, 0.4) is 0 Å². The third-order valence-corrected chi connectivity index (χ3v) is 2.42. The van der Waals surface area contributed by atoms with Crippen molar-refractivity contribution in [3.63, 3.8) is 0 Å². The van der Waals surface area contributed by atoms with Crippen LogP contribution in [0.2, 0.25) is 0 Å². The minimum Gasteiger partial charge on any atom is -0.316 e. The van der Waals surface area contributed by atoms with Crippen molar-refractivity contribution in [3.05, 3.63) is 21.9 Å². The van der Waals surface area contributed by atoms with Crippen LogP contribution in [0, 0.1) is 6.92 Å². The molecule has 0 aromatic carbocycles. The number of hydrogen-bond acceptors (Lipinski definition) is 2. The molecule has 4 heteroatoms. The molecule has 0 aliphatic carbocycles. The number of aromatic nitrogens is 2. The van der Waals surface area contributed by atoms with Crippen molar-refractivity contribution in [3.8, 4) is 0 Å². The molecule has 0 spiro atoms. The monoisotopic (exact) mass is 167 g/mol. The van der Waals surface area contributed by atoms with Crippen LogP contribution < -0.4 is 11.0 Å². The van der Waals surface area contributed by atoms with Gasteiger partial charge in [0.25, 0.3) is 0 Å². The van der Waals surface area contributed by atoms with E-state index in [1.807, 2.05) is 6.92 Å². The van der Waals surface area contributed by atoms with Crippen LogP contribution in [0.5, 0.6) is 0 Å². The Morgan fingerprint density at radius 3 is 2.75 bits per heavy atom. The summed E-state index contributed by atoms with van der Waals surface area (Å²) in [6.07, 6.45) is 1.12. The Kier molecular flexibility index (Phi) is 1.77. The summed E-state index contributed by atoms with van der Waals surface area (Å²) in [5.41, 5.74) is 1.97. The van der Waals surface area contributed by atoms with Crippen LogP contribution >= 0.6 is 0 Å². The molecule has 1 fully saturated rings. The van der Waals surface area contributed by atoms with E-state index < -0.39 is 0 Å². The highest BCUT2D eigenvalue weighted by Gasteiger charge is 2.19. The summed E-state index contributed by atoms with van der Waals surface area (Å²) >= 11 is 0. The highest BCUT2D eigenvalue weighted by Crippen LogP contribution is 2.20. The Balaban J connectivity index is 2.31. The van der Waals surface area contributed by atoms with Gasteiger partial charge in [0.2, 0.25) is 0 Å². The Bertz CT molecular complexity index is 319. The maximum atomic E-state index is 10.9. The molecule has 1 atom stereocenters. The van der Waals surface area contributed by atoms with Gasteiger partial charge in [-0.2, -0.15) is 0 Å². The number of hydrogen-bond donors (Lipinski definition) is 3. The van der Waals surface area contributed by atoms with Gasteiger partial charge in [0.1, 0.15) is 0 Å². The van der Waals surface area contributed by atoms with E-state index in [2.05, 4.69) is 15.3 Å². The largest absolute Gasteiger partial charge is 0.323 e. The lowest BCUT2D eigenvalue weighted by molar-refractivity contribution is 0.733. The van der Waals surface area contributed by atoms with Gasteiger partial charge in [0, 0.05) is 23.9 Å². The van der Waals surface area contributed by atoms with E-state index in [0.29, 0.717) is 5.92 Å². The van der Waals surface area contributed by atoms with E-state index >= 15 is 0 Å². The van der Waals surface area contributed by atoms with Gasteiger partial charge < -0.3 is 15.3 Å². The second kappa shape index (κ2) is 2.79. The fourth-order valence-electron chi connectivity index (χ4n) is 1.79. The molecular weight excluding hydrogens is 154 g/mol.